The lowest BCUT2D eigenvalue weighted by Gasteiger charge is -2.18. The van der Waals surface area contributed by atoms with Crippen LogP contribution in [0.5, 0.6) is 0 Å². The Bertz CT molecular complexity index is 537. The number of hydrogen-bond acceptors (Lipinski definition) is 1. The van der Waals surface area contributed by atoms with Crippen LogP contribution in [0.4, 0.5) is 0 Å². The maximum Gasteiger partial charge on any atom is 0.0502 e. The highest BCUT2D eigenvalue weighted by Crippen LogP contribution is 2.25. The van der Waals surface area contributed by atoms with Gasteiger partial charge in [-0.25, -0.2) is 0 Å². The summed E-state index contributed by atoms with van der Waals surface area (Å²) in [6.45, 7) is 6.58. The molecule has 0 amide bonds. The molecule has 100 valence electrons. The van der Waals surface area contributed by atoms with Crippen molar-refractivity contribution in [2.45, 2.75) is 33.1 Å². The molecule has 0 saturated heterocycles. The van der Waals surface area contributed by atoms with Crippen LogP contribution in [-0.4, -0.2) is 11.7 Å². The summed E-state index contributed by atoms with van der Waals surface area (Å²) in [6.07, 6.45) is 0.901. The van der Waals surface area contributed by atoms with Crippen molar-refractivity contribution in [2.24, 2.45) is 0 Å². The number of benzene rings is 2. The van der Waals surface area contributed by atoms with Crippen LogP contribution < -0.4 is 0 Å². The molecule has 0 radical (unpaired) electrons. The second-order valence-corrected chi connectivity index (χ2v) is 5.37. The van der Waals surface area contributed by atoms with Gasteiger partial charge in [0, 0.05) is 5.92 Å². The van der Waals surface area contributed by atoms with Crippen molar-refractivity contribution in [3.05, 3.63) is 70.3 Å². The average molecular weight is 254 g/mol. The Labute approximate surface area is 115 Å². The Morgan fingerprint density at radius 1 is 0.947 bits per heavy atom. The average Bonchev–Trinajstić information content (AvgIpc) is 2.38. The molecular weight excluding hydrogens is 232 g/mol. The van der Waals surface area contributed by atoms with Gasteiger partial charge in [0.15, 0.2) is 0 Å². The van der Waals surface area contributed by atoms with Crippen molar-refractivity contribution in [3.8, 4) is 0 Å². The second-order valence-electron chi connectivity index (χ2n) is 5.37. The summed E-state index contributed by atoms with van der Waals surface area (Å²) in [5, 5.41) is 9.71. The minimum absolute atomic E-state index is 0.180. The fourth-order valence-corrected chi connectivity index (χ4v) is 2.63. The molecule has 1 heteroatoms. The topological polar surface area (TPSA) is 20.2 Å². The summed E-state index contributed by atoms with van der Waals surface area (Å²) in [7, 11) is 0. The molecule has 0 bridgehead atoms. The number of aryl methyl sites for hydroxylation is 3. The first-order valence-corrected chi connectivity index (χ1v) is 6.84. The third-order valence-corrected chi connectivity index (χ3v) is 3.83. The molecule has 0 heterocycles. The van der Waals surface area contributed by atoms with Crippen LogP contribution in [0.1, 0.15) is 33.7 Å². The van der Waals surface area contributed by atoms with E-state index in [1.165, 1.54) is 27.8 Å². The molecule has 0 saturated carbocycles. The van der Waals surface area contributed by atoms with Gasteiger partial charge in [-0.15, -0.1) is 0 Å². The van der Waals surface area contributed by atoms with Gasteiger partial charge in [-0.1, -0.05) is 48.0 Å². The van der Waals surface area contributed by atoms with Crippen LogP contribution in [0.2, 0.25) is 0 Å². The van der Waals surface area contributed by atoms with Gasteiger partial charge in [0.1, 0.15) is 0 Å². The van der Waals surface area contributed by atoms with E-state index in [-0.39, 0.29) is 12.5 Å². The smallest absolute Gasteiger partial charge is 0.0502 e. The third kappa shape index (κ3) is 3.24. The molecule has 0 fully saturated rings. The van der Waals surface area contributed by atoms with Crippen molar-refractivity contribution in [3.63, 3.8) is 0 Å². The Morgan fingerprint density at radius 2 is 1.58 bits per heavy atom. The van der Waals surface area contributed by atoms with Gasteiger partial charge in [-0.05, 0) is 49.4 Å². The van der Waals surface area contributed by atoms with Gasteiger partial charge >= 0.3 is 0 Å². The zero-order chi connectivity index (χ0) is 13.8. The van der Waals surface area contributed by atoms with Gasteiger partial charge in [-0.3, -0.25) is 0 Å². The Morgan fingerprint density at radius 3 is 2.16 bits per heavy atom. The van der Waals surface area contributed by atoms with E-state index in [9.17, 15) is 5.11 Å². The first-order valence-electron chi connectivity index (χ1n) is 6.84. The van der Waals surface area contributed by atoms with E-state index in [0.717, 1.165) is 6.42 Å². The maximum absolute atomic E-state index is 9.71. The summed E-state index contributed by atoms with van der Waals surface area (Å²) in [4.78, 5) is 0. The van der Waals surface area contributed by atoms with Crippen molar-refractivity contribution in [2.75, 3.05) is 6.61 Å². The van der Waals surface area contributed by atoms with Crippen molar-refractivity contribution < 1.29 is 5.11 Å². The maximum atomic E-state index is 9.71. The quantitative estimate of drug-likeness (QED) is 0.876. The number of aliphatic hydroxyl groups excluding tert-OH is 1. The van der Waals surface area contributed by atoms with E-state index in [0.29, 0.717) is 0 Å². The van der Waals surface area contributed by atoms with Gasteiger partial charge in [-0.2, -0.15) is 0 Å². The van der Waals surface area contributed by atoms with Crippen molar-refractivity contribution in [1.29, 1.82) is 0 Å². The van der Waals surface area contributed by atoms with E-state index in [1.54, 1.807) is 0 Å². The zero-order valence-corrected chi connectivity index (χ0v) is 12.0. The normalized spacial score (nSPS) is 12.4. The van der Waals surface area contributed by atoms with Gasteiger partial charge in [0.05, 0.1) is 6.61 Å². The molecule has 1 nitrogen and oxygen atoms in total. The highest BCUT2D eigenvalue weighted by molar-refractivity contribution is 5.36. The predicted molar refractivity (Wildman–Crippen MR) is 80.6 cm³/mol. The summed E-state index contributed by atoms with van der Waals surface area (Å²) >= 11 is 0. The third-order valence-electron chi connectivity index (χ3n) is 3.83. The molecule has 0 aliphatic carbocycles. The summed E-state index contributed by atoms with van der Waals surface area (Å²) < 4.78 is 0. The molecule has 19 heavy (non-hydrogen) atoms. The van der Waals surface area contributed by atoms with Gasteiger partial charge in [0.2, 0.25) is 0 Å². The molecule has 0 aliphatic rings. The highest BCUT2D eigenvalue weighted by Gasteiger charge is 2.14. The fourth-order valence-electron chi connectivity index (χ4n) is 2.63. The standard InChI is InChI=1S/C18H22O/c1-13-6-4-9-16(10-13)17(12-19)11-18-14(2)7-5-8-15(18)3/h4-10,17,19H,11-12H2,1-3H3. The first kappa shape index (κ1) is 13.8. The van der Waals surface area contributed by atoms with Crippen LogP contribution >= 0.6 is 0 Å². The van der Waals surface area contributed by atoms with Gasteiger partial charge in [0.25, 0.3) is 0 Å². The molecule has 1 atom stereocenters. The van der Waals surface area contributed by atoms with E-state index in [1.807, 2.05) is 0 Å². The fraction of sp³-hybridized carbons (Fsp3) is 0.333. The molecule has 0 aliphatic heterocycles. The molecule has 1 unspecified atom stereocenters. The van der Waals surface area contributed by atoms with Crippen LogP contribution in [-0.2, 0) is 6.42 Å². The van der Waals surface area contributed by atoms with E-state index >= 15 is 0 Å². The summed E-state index contributed by atoms with van der Waals surface area (Å²) in [6, 6.07) is 14.8. The number of aliphatic hydroxyl groups is 1. The zero-order valence-electron chi connectivity index (χ0n) is 12.0. The second kappa shape index (κ2) is 6.03. The lowest BCUT2D eigenvalue weighted by molar-refractivity contribution is 0.264. The van der Waals surface area contributed by atoms with Crippen LogP contribution in [0.25, 0.3) is 0 Å². The molecule has 2 aromatic carbocycles. The predicted octanol–water partition coefficient (Wildman–Crippen LogP) is 3.93. The van der Waals surface area contributed by atoms with Gasteiger partial charge < -0.3 is 5.11 Å². The molecule has 0 spiro atoms. The van der Waals surface area contributed by atoms with E-state index in [4.69, 9.17) is 0 Å². The molecule has 1 N–H and O–H groups in total. The Hall–Kier alpha value is -1.60. The van der Waals surface area contributed by atoms with Crippen molar-refractivity contribution >= 4 is 0 Å². The lowest BCUT2D eigenvalue weighted by Crippen LogP contribution is -2.10. The SMILES string of the molecule is Cc1cccc(C(CO)Cc2c(C)cccc2C)c1. The summed E-state index contributed by atoms with van der Waals surface area (Å²) in [5.41, 5.74) is 6.46. The van der Waals surface area contributed by atoms with Crippen LogP contribution in [0.3, 0.4) is 0 Å². The highest BCUT2D eigenvalue weighted by atomic mass is 16.3. The first-order chi connectivity index (χ1) is 9.11. The minimum Gasteiger partial charge on any atom is -0.396 e. The molecule has 2 aromatic rings. The number of hydrogen-bond donors (Lipinski definition) is 1. The Kier molecular flexibility index (Phi) is 4.39. The summed E-state index contributed by atoms with van der Waals surface area (Å²) in [5.74, 6) is 0.180. The number of rotatable bonds is 4. The van der Waals surface area contributed by atoms with E-state index < -0.39 is 0 Å². The van der Waals surface area contributed by atoms with Crippen molar-refractivity contribution in [1.82, 2.24) is 0 Å². The van der Waals surface area contributed by atoms with Crippen LogP contribution in [0, 0.1) is 20.8 Å². The largest absolute Gasteiger partial charge is 0.396 e. The molecule has 0 aromatic heterocycles. The minimum atomic E-state index is 0.180. The lowest BCUT2D eigenvalue weighted by atomic mass is 9.88. The monoisotopic (exact) mass is 254 g/mol. The Balaban J connectivity index is 2.29. The molecule has 2 rings (SSSR count). The van der Waals surface area contributed by atoms with E-state index in [2.05, 4.69) is 63.2 Å². The van der Waals surface area contributed by atoms with Crippen LogP contribution in [0.15, 0.2) is 42.5 Å². The molecular formula is C18H22O.